The molecule has 0 fully saturated rings. The Kier molecular flexibility index (Phi) is 3.40. The summed E-state index contributed by atoms with van der Waals surface area (Å²) in [7, 11) is 0. The maximum absolute atomic E-state index is 8.96. The van der Waals surface area contributed by atoms with Gasteiger partial charge >= 0.3 is 0 Å². The number of hydrogen-bond donors (Lipinski definition) is 0. The van der Waals surface area contributed by atoms with E-state index >= 15 is 0 Å². The van der Waals surface area contributed by atoms with Crippen molar-refractivity contribution in [3.63, 3.8) is 0 Å². The van der Waals surface area contributed by atoms with Crippen LogP contribution in [-0.4, -0.2) is 9.97 Å². The fourth-order valence-corrected chi connectivity index (χ4v) is 2.10. The van der Waals surface area contributed by atoms with Crippen molar-refractivity contribution < 1.29 is 0 Å². The Morgan fingerprint density at radius 2 is 2.19 bits per heavy atom. The van der Waals surface area contributed by atoms with Crippen molar-refractivity contribution in [2.45, 2.75) is 9.92 Å². The SMILES string of the molecule is N#Cc1cc(Cl)ccc1Sc1cnccn1. The number of halogens is 1. The van der Waals surface area contributed by atoms with E-state index in [4.69, 9.17) is 16.9 Å². The van der Waals surface area contributed by atoms with Gasteiger partial charge in [0.2, 0.25) is 0 Å². The molecule has 0 amide bonds. The van der Waals surface area contributed by atoms with Crippen molar-refractivity contribution in [2.24, 2.45) is 0 Å². The zero-order valence-electron chi connectivity index (χ0n) is 8.09. The van der Waals surface area contributed by atoms with Crippen molar-refractivity contribution in [3.05, 3.63) is 47.4 Å². The minimum atomic E-state index is 0.545. The van der Waals surface area contributed by atoms with Crippen molar-refractivity contribution in [1.29, 1.82) is 5.26 Å². The monoisotopic (exact) mass is 247 g/mol. The van der Waals surface area contributed by atoms with Gasteiger partial charge < -0.3 is 0 Å². The van der Waals surface area contributed by atoms with E-state index in [1.807, 2.05) is 0 Å². The van der Waals surface area contributed by atoms with E-state index in [1.165, 1.54) is 11.8 Å². The first-order valence-electron chi connectivity index (χ1n) is 4.43. The van der Waals surface area contributed by atoms with E-state index < -0.39 is 0 Å². The first kappa shape index (κ1) is 10.9. The number of hydrogen-bond acceptors (Lipinski definition) is 4. The number of rotatable bonds is 2. The Balaban J connectivity index is 2.32. The molecule has 3 nitrogen and oxygen atoms in total. The first-order chi connectivity index (χ1) is 7.79. The van der Waals surface area contributed by atoms with Crippen LogP contribution in [0, 0.1) is 11.3 Å². The summed E-state index contributed by atoms with van der Waals surface area (Å²) in [6.45, 7) is 0. The minimum Gasteiger partial charge on any atom is -0.260 e. The number of aromatic nitrogens is 2. The lowest BCUT2D eigenvalue weighted by molar-refractivity contribution is 1.05. The minimum absolute atomic E-state index is 0.545. The predicted molar refractivity (Wildman–Crippen MR) is 62.3 cm³/mol. The molecule has 1 aromatic heterocycles. The zero-order chi connectivity index (χ0) is 11.4. The molecule has 0 aliphatic rings. The molecule has 0 saturated carbocycles. The van der Waals surface area contributed by atoms with Gasteiger partial charge in [-0.2, -0.15) is 5.26 Å². The molecule has 0 saturated heterocycles. The van der Waals surface area contributed by atoms with Crippen LogP contribution in [-0.2, 0) is 0 Å². The lowest BCUT2D eigenvalue weighted by Gasteiger charge is -2.02. The predicted octanol–water partition coefficient (Wildman–Crippen LogP) is 3.15. The Morgan fingerprint density at radius 1 is 1.31 bits per heavy atom. The molecular formula is C11H6ClN3S. The van der Waals surface area contributed by atoms with Gasteiger partial charge in [0.25, 0.3) is 0 Å². The molecule has 0 unspecified atom stereocenters. The molecule has 0 radical (unpaired) electrons. The highest BCUT2D eigenvalue weighted by atomic mass is 35.5. The summed E-state index contributed by atoms with van der Waals surface area (Å²) >= 11 is 7.20. The summed E-state index contributed by atoms with van der Waals surface area (Å²) in [4.78, 5) is 8.92. The second-order valence-electron chi connectivity index (χ2n) is 2.90. The van der Waals surface area contributed by atoms with Crippen LogP contribution in [0.2, 0.25) is 5.02 Å². The molecule has 2 aromatic rings. The maximum Gasteiger partial charge on any atom is 0.119 e. The third-order valence-electron chi connectivity index (χ3n) is 1.82. The molecule has 0 spiro atoms. The van der Waals surface area contributed by atoms with Crippen molar-refractivity contribution in [2.75, 3.05) is 0 Å². The second-order valence-corrected chi connectivity index (χ2v) is 4.40. The molecule has 1 aromatic carbocycles. The van der Waals surface area contributed by atoms with Crippen LogP contribution in [0.1, 0.15) is 5.56 Å². The highest BCUT2D eigenvalue weighted by molar-refractivity contribution is 7.99. The summed E-state index contributed by atoms with van der Waals surface area (Å²) in [5.74, 6) is 0. The van der Waals surface area contributed by atoms with E-state index in [1.54, 1.807) is 36.8 Å². The van der Waals surface area contributed by atoms with Crippen molar-refractivity contribution >= 4 is 23.4 Å². The molecule has 16 heavy (non-hydrogen) atoms. The third-order valence-corrected chi connectivity index (χ3v) is 3.05. The molecule has 2 rings (SSSR count). The quantitative estimate of drug-likeness (QED) is 0.818. The Morgan fingerprint density at radius 3 is 2.88 bits per heavy atom. The van der Waals surface area contributed by atoms with Crippen LogP contribution in [0.5, 0.6) is 0 Å². The standard InChI is InChI=1S/C11H6ClN3S/c12-9-1-2-10(8(5-9)6-13)16-11-7-14-3-4-15-11/h1-5,7H. The Labute approximate surface area is 102 Å². The smallest absolute Gasteiger partial charge is 0.119 e. The fourth-order valence-electron chi connectivity index (χ4n) is 1.13. The van der Waals surface area contributed by atoms with Crippen molar-refractivity contribution in [1.82, 2.24) is 9.97 Å². The molecule has 0 N–H and O–H groups in total. The van der Waals surface area contributed by atoms with Crippen LogP contribution >= 0.6 is 23.4 Å². The summed E-state index contributed by atoms with van der Waals surface area (Å²) in [6.07, 6.45) is 4.88. The summed E-state index contributed by atoms with van der Waals surface area (Å²) in [6, 6.07) is 7.30. The average Bonchev–Trinajstić information content (AvgIpc) is 2.33. The largest absolute Gasteiger partial charge is 0.260 e. The van der Waals surface area contributed by atoms with Gasteiger partial charge in [0.1, 0.15) is 11.1 Å². The molecule has 1 heterocycles. The van der Waals surface area contributed by atoms with Crippen LogP contribution in [0.25, 0.3) is 0 Å². The normalized spacial score (nSPS) is 9.75. The van der Waals surface area contributed by atoms with E-state index in [-0.39, 0.29) is 0 Å². The average molecular weight is 248 g/mol. The molecule has 0 bridgehead atoms. The van der Waals surface area contributed by atoms with Gasteiger partial charge in [-0.3, -0.25) is 4.98 Å². The molecule has 0 aliphatic carbocycles. The first-order valence-corrected chi connectivity index (χ1v) is 5.62. The van der Waals surface area contributed by atoms with Gasteiger partial charge in [0.15, 0.2) is 0 Å². The van der Waals surface area contributed by atoms with Crippen LogP contribution in [0.15, 0.2) is 46.7 Å². The molecule has 0 aliphatic heterocycles. The van der Waals surface area contributed by atoms with E-state index in [0.29, 0.717) is 10.6 Å². The third kappa shape index (κ3) is 2.51. The maximum atomic E-state index is 8.96. The van der Waals surface area contributed by atoms with Gasteiger partial charge in [0.05, 0.1) is 11.8 Å². The van der Waals surface area contributed by atoms with Crippen LogP contribution in [0.3, 0.4) is 0 Å². The van der Waals surface area contributed by atoms with E-state index in [9.17, 15) is 0 Å². The Bertz CT molecular complexity index is 537. The van der Waals surface area contributed by atoms with Gasteiger partial charge in [-0.25, -0.2) is 4.98 Å². The molecule has 5 heteroatoms. The van der Waals surface area contributed by atoms with Gasteiger partial charge in [-0.15, -0.1) is 0 Å². The number of nitriles is 1. The Hall–Kier alpha value is -1.57. The van der Waals surface area contributed by atoms with Gasteiger partial charge in [0, 0.05) is 22.3 Å². The summed E-state index contributed by atoms with van der Waals surface area (Å²) in [5, 5.41) is 10.3. The fraction of sp³-hybridized carbons (Fsp3) is 0. The second kappa shape index (κ2) is 4.97. The van der Waals surface area contributed by atoms with E-state index in [0.717, 1.165) is 9.92 Å². The molecular weight excluding hydrogens is 242 g/mol. The van der Waals surface area contributed by atoms with Crippen LogP contribution < -0.4 is 0 Å². The topological polar surface area (TPSA) is 49.6 Å². The highest BCUT2D eigenvalue weighted by Crippen LogP contribution is 2.29. The highest BCUT2D eigenvalue weighted by Gasteiger charge is 2.05. The lowest BCUT2D eigenvalue weighted by Crippen LogP contribution is -1.84. The van der Waals surface area contributed by atoms with E-state index in [2.05, 4.69) is 16.0 Å². The number of benzene rings is 1. The molecule has 0 atom stereocenters. The van der Waals surface area contributed by atoms with Gasteiger partial charge in [-0.05, 0) is 18.2 Å². The zero-order valence-corrected chi connectivity index (χ0v) is 9.66. The van der Waals surface area contributed by atoms with Gasteiger partial charge in [-0.1, -0.05) is 23.4 Å². The van der Waals surface area contributed by atoms with Crippen molar-refractivity contribution in [3.8, 4) is 6.07 Å². The van der Waals surface area contributed by atoms with Crippen LogP contribution in [0.4, 0.5) is 0 Å². The summed E-state index contributed by atoms with van der Waals surface area (Å²) < 4.78 is 0. The lowest BCUT2D eigenvalue weighted by atomic mass is 10.2. The summed E-state index contributed by atoms with van der Waals surface area (Å²) in [5.41, 5.74) is 0.545. The molecule has 78 valence electrons. The number of nitrogens with zero attached hydrogens (tertiary/aromatic N) is 3.